The lowest BCUT2D eigenvalue weighted by Crippen LogP contribution is -2.13. The summed E-state index contributed by atoms with van der Waals surface area (Å²) >= 11 is 1.48. The van der Waals surface area contributed by atoms with E-state index in [-0.39, 0.29) is 18.0 Å². The number of thiophene rings is 1. The normalized spacial score (nSPS) is 10.5. The number of aromatic nitrogens is 2. The highest BCUT2D eigenvalue weighted by molar-refractivity contribution is 7.13. The first-order valence-electron chi connectivity index (χ1n) is 7.14. The molecule has 0 atom stereocenters. The molecule has 1 aromatic carbocycles. The van der Waals surface area contributed by atoms with E-state index in [2.05, 4.69) is 9.97 Å². The van der Waals surface area contributed by atoms with E-state index in [1.807, 2.05) is 47.8 Å². The Labute approximate surface area is 137 Å². The number of hydrogen-bond acceptors (Lipinski definition) is 6. The van der Waals surface area contributed by atoms with Crippen molar-refractivity contribution in [1.29, 1.82) is 0 Å². The van der Waals surface area contributed by atoms with Gasteiger partial charge >= 0.3 is 5.97 Å². The lowest BCUT2D eigenvalue weighted by molar-refractivity contribution is 0.0528. The summed E-state index contributed by atoms with van der Waals surface area (Å²) in [6.07, 6.45) is 0. The van der Waals surface area contributed by atoms with Gasteiger partial charge in [0.05, 0.1) is 11.5 Å². The van der Waals surface area contributed by atoms with Crippen LogP contribution in [0.3, 0.4) is 0 Å². The first-order chi connectivity index (χ1) is 11.2. The van der Waals surface area contributed by atoms with Crippen molar-refractivity contribution in [3.8, 4) is 22.0 Å². The van der Waals surface area contributed by atoms with Crippen molar-refractivity contribution in [2.75, 3.05) is 12.3 Å². The third kappa shape index (κ3) is 3.07. The Morgan fingerprint density at radius 2 is 1.96 bits per heavy atom. The van der Waals surface area contributed by atoms with E-state index in [4.69, 9.17) is 10.5 Å². The van der Waals surface area contributed by atoms with Crippen LogP contribution in [0.2, 0.25) is 0 Å². The van der Waals surface area contributed by atoms with Crippen molar-refractivity contribution in [2.24, 2.45) is 0 Å². The van der Waals surface area contributed by atoms with Gasteiger partial charge in [-0.2, -0.15) is 0 Å². The van der Waals surface area contributed by atoms with Crippen LogP contribution in [0, 0.1) is 0 Å². The minimum absolute atomic E-state index is 0.126. The number of hydrogen-bond donors (Lipinski definition) is 1. The largest absolute Gasteiger partial charge is 0.462 e. The molecule has 0 bridgehead atoms. The van der Waals surface area contributed by atoms with Gasteiger partial charge in [-0.15, -0.1) is 11.3 Å². The maximum atomic E-state index is 12.3. The zero-order chi connectivity index (χ0) is 16.2. The minimum Gasteiger partial charge on any atom is -0.462 e. The number of nitrogen functional groups attached to an aromatic ring is 1. The molecule has 0 aliphatic heterocycles. The van der Waals surface area contributed by atoms with Gasteiger partial charge in [0.1, 0.15) is 17.1 Å². The number of carbonyl (C=O) groups excluding carboxylic acids is 1. The van der Waals surface area contributed by atoms with Crippen molar-refractivity contribution in [3.05, 3.63) is 53.4 Å². The molecular formula is C17H15N3O2S. The fraction of sp³-hybridized carbons (Fsp3) is 0.118. The molecule has 2 aromatic heterocycles. The molecule has 0 fully saturated rings. The average Bonchev–Trinajstić information content (AvgIpc) is 3.09. The monoisotopic (exact) mass is 325 g/mol. The SMILES string of the molecule is CCOC(=O)c1c(N)nc(-c2ccccc2)nc1-c1cccs1. The number of anilines is 1. The molecule has 0 saturated carbocycles. The maximum absolute atomic E-state index is 12.3. The van der Waals surface area contributed by atoms with Gasteiger partial charge in [0.25, 0.3) is 0 Å². The van der Waals surface area contributed by atoms with E-state index in [1.54, 1.807) is 6.92 Å². The summed E-state index contributed by atoms with van der Waals surface area (Å²) in [4.78, 5) is 22.0. The van der Waals surface area contributed by atoms with Crippen LogP contribution in [0.15, 0.2) is 47.8 Å². The van der Waals surface area contributed by atoms with Crippen LogP contribution in [-0.4, -0.2) is 22.5 Å². The fourth-order valence-electron chi connectivity index (χ4n) is 2.19. The predicted octanol–water partition coefficient (Wildman–Crippen LogP) is 3.63. The molecule has 2 heterocycles. The fourth-order valence-corrected chi connectivity index (χ4v) is 2.91. The zero-order valence-corrected chi connectivity index (χ0v) is 13.3. The van der Waals surface area contributed by atoms with Gasteiger partial charge in [0.15, 0.2) is 5.82 Å². The van der Waals surface area contributed by atoms with Crippen molar-refractivity contribution in [1.82, 2.24) is 9.97 Å². The molecule has 0 amide bonds. The number of carbonyl (C=O) groups is 1. The second kappa shape index (κ2) is 6.58. The lowest BCUT2D eigenvalue weighted by atomic mass is 10.1. The van der Waals surface area contributed by atoms with Gasteiger partial charge in [-0.1, -0.05) is 36.4 Å². The van der Waals surface area contributed by atoms with Crippen LogP contribution < -0.4 is 5.73 Å². The molecule has 0 unspecified atom stereocenters. The second-order valence-corrected chi connectivity index (χ2v) is 5.67. The Balaban J connectivity index is 2.20. The smallest absolute Gasteiger partial charge is 0.344 e. The first kappa shape index (κ1) is 15.2. The van der Waals surface area contributed by atoms with Crippen LogP contribution in [0.1, 0.15) is 17.3 Å². The van der Waals surface area contributed by atoms with Crippen LogP contribution in [0.4, 0.5) is 5.82 Å². The van der Waals surface area contributed by atoms with Crippen molar-refractivity contribution in [3.63, 3.8) is 0 Å². The molecule has 2 N–H and O–H groups in total. The Kier molecular flexibility index (Phi) is 4.34. The Morgan fingerprint density at radius 3 is 2.61 bits per heavy atom. The second-order valence-electron chi connectivity index (χ2n) is 4.72. The highest BCUT2D eigenvalue weighted by atomic mass is 32.1. The predicted molar refractivity (Wildman–Crippen MR) is 91.1 cm³/mol. The van der Waals surface area contributed by atoms with Gasteiger partial charge in [-0.3, -0.25) is 0 Å². The molecule has 0 radical (unpaired) electrons. The lowest BCUT2D eigenvalue weighted by Gasteiger charge is -2.11. The van der Waals surface area contributed by atoms with E-state index >= 15 is 0 Å². The molecular weight excluding hydrogens is 310 g/mol. The molecule has 0 aliphatic carbocycles. The molecule has 3 aromatic rings. The Morgan fingerprint density at radius 1 is 1.17 bits per heavy atom. The summed E-state index contributed by atoms with van der Waals surface area (Å²) in [5, 5.41) is 1.92. The van der Waals surface area contributed by atoms with Gasteiger partial charge in [-0.05, 0) is 18.4 Å². The standard InChI is InChI=1S/C17H15N3O2S/c1-2-22-17(21)13-14(12-9-6-10-23-12)19-16(20-15(13)18)11-7-4-3-5-8-11/h3-10H,2H2,1H3,(H2,18,19,20). The number of rotatable bonds is 4. The molecule has 5 nitrogen and oxygen atoms in total. The van der Waals surface area contributed by atoms with Crippen molar-refractivity contribution < 1.29 is 9.53 Å². The summed E-state index contributed by atoms with van der Waals surface area (Å²) in [6, 6.07) is 13.3. The summed E-state index contributed by atoms with van der Waals surface area (Å²) in [5.41, 5.74) is 7.61. The van der Waals surface area contributed by atoms with Crippen LogP contribution >= 0.6 is 11.3 Å². The topological polar surface area (TPSA) is 78.1 Å². The van der Waals surface area contributed by atoms with Crippen molar-refractivity contribution >= 4 is 23.1 Å². The Bertz CT molecular complexity index is 817. The summed E-state index contributed by atoms with van der Waals surface area (Å²) in [6.45, 7) is 2.01. The molecule has 0 aliphatic rings. The third-order valence-electron chi connectivity index (χ3n) is 3.20. The number of benzene rings is 1. The maximum Gasteiger partial charge on any atom is 0.344 e. The van der Waals surface area contributed by atoms with E-state index in [0.29, 0.717) is 11.5 Å². The number of nitrogens with zero attached hydrogens (tertiary/aromatic N) is 2. The third-order valence-corrected chi connectivity index (χ3v) is 4.08. The number of ether oxygens (including phenoxy) is 1. The molecule has 3 rings (SSSR count). The van der Waals surface area contributed by atoms with Crippen molar-refractivity contribution in [2.45, 2.75) is 6.92 Å². The van der Waals surface area contributed by atoms with E-state index in [0.717, 1.165) is 10.4 Å². The quantitative estimate of drug-likeness (QED) is 0.741. The highest BCUT2D eigenvalue weighted by Gasteiger charge is 2.22. The minimum atomic E-state index is -0.506. The van der Waals surface area contributed by atoms with Gasteiger partial charge in [-0.25, -0.2) is 14.8 Å². The average molecular weight is 325 g/mol. The van der Waals surface area contributed by atoms with E-state index in [9.17, 15) is 4.79 Å². The molecule has 0 saturated heterocycles. The van der Waals surface area contributed by atoms with E-state index < -0.39 is 5.97 Å². The zero-order valence-electron chi connectivity index (χ0n) is 12.5. The summed E-state index contributed by atoms with van der Waals surface area (Å²) in [7, 11) is 0. The van der Waals surface area contributed by atoms with Gasteiger partial charge < -0.3 is 10.5 Å². The Hall–Kier alpha value is -2.73. The number of nitrogens with two attached hydrogens (primary N) is 1. The van der Waals surface area contributed by atoms with Crippen LogP contribution in [0.25, 0.3) is 22.0 Å². The summed E-state index contributed by atoms with van der Waals surface area (Å²) < 4.78 is 5.10. The molecule has 6 heteroatoms. The molecule has 0 spiro atoms. The first-order valence-corrected chi connectivity index (χ1v) is 8.02. The van der Waals surface area contributed by atoms with Crippen LogP contribution in [-0.2, 0) is 4.74 Å². The van der Waals surface area contributed by atoms with Crippen LogP contribution in [0.5, 0.6) is 0 Å². The van der Waals surface area contributed by atoms with Gasteiger partial charge in [0.2, 0.25) is 0 Å². The van der Waals surface area contributed by atoms with E-state index in [1.165, 1.54) is 11.3 Å². The highest BCUT2D eigenvalue weighted by Crippen LogP contribution is 2.31. The number of esters is 1. The van der Waals surface area contributed by atoms with Gasteiger partial charge in [0, 0.05) is 5.56 Å². The molecule has 23 heavy (non-hydrogen) atoms. The molecule has 116 valence electrons. The summed E-state index contributed by atoms with van der Waals surface area (Å²) in [5.74, 6) is 0.105.